The highest BCUT2D eigenvalue weighted by Crippen LogP contribution is 2.07. The Bertz CT molecular complexity index is 656. The van der Waals surface area contributed by atoms with Gasteiger partial charge in [0.2, 0.25) is 0 Å². The molecular weight excluding hydrogens is 320 g/mol. The van der Waals surface area contributed by atoms with Gasteiger partial charge in [0.1, 0.15) is 12.5 Å². The maximum Gasteiger partial charge on any atom is 0.106 e. The maximum atomic E-state index is 8.00. The Kier molecular flexibility index (Phi) is 17.0. The Balaban J connectivity index is 0. The average Bonchev–Trinajstić information content (AvgIpc) is 3.15. The fourth-order valence-corrected chi connectivity index (χ4v) is 1.79. The Labute approximate surface area is 159 Å². The summed E-state index contributed by atoms with van der Waals surface area (Å²) in [4.78, 5) is 8.00. The van der Waals surface area contributed by atoms with Gasteiger partial charge >= 0.3 is 0 Å². The number of hydrogen-bond acceptors (Lipinski definition) is 2. The van der Waals surface area contributed by atoms with E-state index in [1.54, 1.807) is 6.26 Å². The zero-order chi connectivity index (χ0) is 20.4. The molecule has 142 valence electrons. The summed E-state index contributed by atoms with van der Waals surface area (Å²) in [6.45, 7) is 16.4. The van der Waals surface area contributed by atoms with Crippen LogP contribution in [0.2, 0.25) is 0 Å². The van der Waals surface area contributed by atoms with Crippen molar-refractivity contribution in [2.75, 3.05) is 0 Å². The third-order valence-corrected chi connectivity index (χ3v) is 3.27. The highest BCUT2D eigenvalue weighted by atomic mass is 16.3. The van der Waals surface area contributed by atoms with E-state index >= 15 is 0 Å². The topological polar surface area (TPSA) is 30.2 Å². The van der Waals surface area contributed by atoms with E-state index in [1.807, 2.05) is 57.9 Å². The number of benzene rings is 2. The highest BCUT2D eigenvalue weighted by molar-refractivity contribution is 5.28. The van der Waals surface area contributed by atoms with Gasteiger partial charge in [0.15, 0.2) is 0 Å². The highest BCUT2D eigenvalue weighted by Gasteiger charge is 1.89. The summed E-state index contributed by atoms with van der Waals surface area (Å²) in [6.07, 6.45) is 1.66. The smallest absolute Gasteiger partial charge is 0.106 e. The molecule has 1 heterocycles. The van der Waals surface area contributed by atoms with Crippen LogP contribution in [0.3, 0.4) is 0 Å². The molecule has 3 rings (SSSR count). The summed E-state index contributed by atoms with van der Waals surface area (Å²) >= 11 is 0. The molecule has 0 bridgehead atoms. The van der Waals surface area contributed by atoms with Crippen molar-refractivity contribution in [3.63, 3.8) is 0 Å². The molecule has 26 heavy (non-hydrogen) atoms. The molecule has 0 saturated carbocycles. The minimum Gasteiger partial charge on any atom is -0.470 e. The van der Waals surface area contributed by atoms with Gasteiger partial charge in [0.05, 0.1) is 6.26 Å². The molecule has 0 spiro atoms. The van der Waals surface area contributed by atoms with Crippen molar-refractivity contribution in [2.45, 2.75) is 48.5 Å². The second-order valence-electron chi connectivity index (χ2n) is 5.47. The lowest BCUT2D eigenvalue weighted by Crippen LogP contribution is -1.79. The minimum absolute atomic E-state index is 0.968. The number of carbonyl (C=O) groups excluding carboxylic acids is 1. The molecule has 3 aromatic rings. The molecule has 0 aliphatic rings. The van der Waals surface area contributed by atoms with Crippen LogP contribution in [0, 0.1) is 34.6 Å². The summed E-state index contributed by atoms with van der Waals surface area (Å²) < 4.78 is 4.83. The lowest BCUT2D eigenvalue weighted by Gasteiger charge is -1.98. The fourth-order valence-electron chi connectivity index (χ4n) is 1.79. The van der Waals surface area contributed by atoms with Crippen LogP contribution in [0.15, 0.2) is 71.3 Å². The third kappa shape index (κ3) is 13.8. The lowest BCUT2D eigenvalue weighted by atomic mass is 10.1. The van der Waals surface area contributed by atoms with Crippen LogP contribution in [-0.4, -0.2) is 6.79 Å². The molecule has 0 aliphatic heterocycles. The summed E-state index contributed by atoms with van der Waals surface area (Å²) in [5, 5.41) is 0. The third-order valence-electron chi connectivity index (χ3n) is 3.27. The van der Waals surface area contributed by atoms with Crippen LogP contribution >= 0.6 is 0 Å². The lowest BCUT2D eigenvalue weighted by molar-refractivity contribution is -0.0979. The first-order valence-corrected chi connectivity index (χ1v) is 8.83. The molecule has 2 heteroatoms. The molecule has 0 atom stereocenters. The monoisotopic (exact) mass is 354 g/mol. The molecule has 2 nitrogen and oxygen atoms in total. The largest absolute Gasteiger partial charge is 0.470 e. The van der Waals surface area contributed by atoms with Gasteiger partial charge in [-0.15, -0.1) is 0 Å². The van der Waals surface area contributed by atoms with Gasteiger partial charge in [0, 0.05) is 0 Å². The molecule has 0 unspecified atom stereocenters. The van der Waals surface area contributed by atoms with Crippen molar-refractivity contribution in [1.29, 1.82) is 0 Å². The minimum atomic E-state index is 0.968. The van der Waals surface area contributed by atoms with E-state index in [0.29, 0.717) is 0 Å². The molecule has 0 fully saturated rings. The van der Waals surface area contributed by atoms with Crippen molar-refractivity contribution in [3.05, 3.63) is 94.9 Å². The second-order valence-corrected chi connectivity index (χ2v) is 5.47. The van der Waals surface area contributed by atoms with Gasteiger partial charge in [0.25, 0.3) is 0 Å². The second kappa shape index (κ2) is 17.2. The van der Waals surface area contributed by atoms with Gasteiger partial charge in [-0.2, -0.15) is 0 Å². The van der Waals surface area contributed by atoms with Crippen molar-refractivity contribution in [1.82, 2.24) is 0 Å². The standard InChI is InChI=1S/C9H12.C7H8.C5H6O.C2H6.CH2O/c1-7-4-5-8(2)9(3)6-7;1-7-5-3-2-4-6-7;1-5-3-2-4-6-5;2*1-2/h4-6H,1-3H3;2-6H,1H3;2-4H,1H3;1-2H3;1H2. The van der Waals surface area contributed by atoms with Crippen LogP contribution in [0.25, 0.3) is 0 Å². The van der Waals surface area contributed by atoms with Gasteiger partial charge in [-0.05, 0) is 57.9 Å². The van der Waals surface area contributed by atoms with E-state index in [9.17, 15) is 0 Å². The molecule has 0 aliphatic carbocycles. The van der Waals surface area contributed by atoms with Crippen molar-refractivity contribution in [2.24, 2.45) is 0 Å². The SMILES string of the molecule is C=O.CC.Cc1ccc(C)c(C)c1.Cc1ccccc1.Cc1ccco1. The van der Waals surface area contributed by atoms with Crippen molar-refractivity contribution >= 4 is 6.79 Å². The molecule has 0 N–H and O–H groups in total. The number of aryl methyl sites for hydroxylation is 5. The summed E-state index contributed by atoms with van der Waals surface area (Å²) in [5.74, 6) is 0.968. The molecule has 0 radical (unpaired) electrons. The van der Waals surface area contributed by atoms with Crippen LogP contribution in [0.5, 0.6) is 0 Å². The molecule has 2 aromatic carbocycles. The first kappa shape index (κ1) is 25.6. The molecule has 0 saturated heterocycles. The Morgan fingerprint density at radius 2 is 1.23 bits per heavy atom. The van der Waals surface area contributed by atoms with Crippen LogP contribution in [0.4, 0.5) is 0 Å². The van der Waals surface area contributed by atoms with Crippen LogP contribution in [0.1, 0.15) is 41.9 Å². The Morgan fingerprint density at radius 1 is 0.654 bits per heavy atom. The van der Waals surface area contributed by atoms with Crippen molar-refractivity contribution in [3.8, 4) is 0 Å². The predicted octanol–water partition coefficient (Wildman–Crippen LogP) is 7.04. The van der Waals surface area contributed by atoms with Crippen LogP contribution in [-0.2, 0) is 4.79 Å². The number of carbonyl (C=O) groups is 1. The Morgan fingerprint density at radius 3 is 1.50 bits per heavy atom. The van der Waals surface area contributed by atoms with Crippen molar-refractivity contribution < 1.29 is 9.21 Å². The van der Waals surface area contributed by atoms with Gasteiger partial charge in [-0.25, -0.2) is 0 Å². The zero-order valence-corrected chi connectivity index (χ0v) is 17.4. The van der Waals surface area contributed by atoms with E-state index in [4.69, 9.17) is 9.21 Å². The predicted molar refractivity (Wildman–Crippen MR) is 114 cm³/mol. The Hall–Kier alpha value is -2.61. The molecule has 0 amide bonds. The first-order valence-electron chi connectivity index (χ1n) is 8.83. The van der Waals surface area contributed by atoms with E-state index in [0.717, 1.165) is 5.76 Å². The number of rotatable bonds is 0. The number of furan rings is 1. The van der Waals surface area contributed by atoms with E-state index in [1.165, 1.54) is 22.3 Å². The summed E-state index contributed by atoms with van der Waals surface area (Å²) in [6, 6.07) is 20.6. The average molecular weight is 355 g/mol. The number of hydrogen-bond donors (Lipinski definition) is 0. The quantitative estimate of drug-likeness (QED) is 0.433. The van der Waals surface area contributed by atoms with Gasteiger partial charge in [-0.3, -0.25) is 0 Å². The first-order chi connectivity index (χ1) is 12.5. The van der Waals surface area contributed by atoms with E-state index < -0.39 is 0 Å². The maximum absolute atomic E-state index is 8.00. The molecule has 1 aromatic heterocycles. The zero-order valence-electron chi connectivity index (χ0n) is 17.4. The molecular formula is C24H34O2. The fraction of sp³-hybridized carbons (Fsp3) is 0.292. The van der Waals surface area contributed by atoms with Gasteiger partial charge < -0.3 is 9.21 Å². The van der Waals surface area contributed by atoms with Gasteiger partial charge in [-0.1, -0.05) is 73.5 Å². The van der Waals surface area contributed by atoms with Crippen LogP contribution < -0.4 is 0 Å². The van der Waals surface area contributed by atoms with E-state index in [2.05, 4.69) is 58.0 Å². The summed E-state index contributed by atoms with van der Waals surface area (Å²) in [7, 11) is 0. The van der Waals surface area contributed by atoms with E-state index in [-0.39, 0.29) is 0 Å². The summed E-state index contributed by atoms with van der Waals surface area (Å²) in [5.41, 5.74) is 5.43. The normalized spacial score (nSPS) is 8.12.